The van der Waals surface area contributed by atoms with Crippen molar-refractivity contribution in [3.05, 3.63) is 41.6 Å². The van der Waals surface area contributed by atoms with Gasteiger partial charge in [-0.05, 0) is 37.6 Å². The second kappa shape index (κ2) is 6.25. The van der Waals surface area contributed by atoms with Crippen LogP contribution in [0, 0.1) is 13.8 Å². The summed E-state index contributed by atoms with van der Waals surface area (Å²) < 4.78 is 29.0. The standard InChI is InChI=1S/C15H19NO3S2/c1-11-4-6-13(15(20)10-11)14-7-5-12(2)16(14)8-9-19-21(3,17)18/h4-7,10,20H,8-9H2,1-3H3. The summed E-state index contributed by atoms with van der Waals surface area (Å²) in [5, 5.41) is 0. The lowest BCUT2D eigenvalue weighted by Gasteiger charge is -2.13. The van der Waals surface area contributed by atoms with Gasteiger partial charge in [-0.25, -0.2) is 0 Å². The molecule has 0 amide bonds. The van der Waals surface area contributed by atoms with Gasteiger partial charge in [0.05, 0.1) is 12.9 Å². The predicted molar refractivity (Wildman–Crippen MR) is 87.4 cm³/mol. The van der Waals surface area contributed by atoms with Crippen molar-refractivity contribution in [1.29, 1.82) is 0 Å². The zero-order valence-electron chi connectivity index (χ0n) is 12.3. The third kappa shape index (κ3) is 4.12. The van der Waals surface area contributed by atoms with E-state index in [1.165, 1.54) is 0 Å². The van der Waals surface area contributed by atoms with Gasteiger partial charge in [0, 0.05) is 28.4 Å². The molecule has 2 rings (SSSR count). The minimum atomic E-state index is -3.41. The van der Waals surface area contributed by atoms with Crippen LogP contribution in [0.2, 0.25) is 0 Å². The Morgan fingerprint density at radius 3 is 2.52 bits per heavy atom. The SMILES string of the molecule is Cc1ccc(-c2ccc(C)n2CCOS(C)(=O)=O)c(S)c1. The highest BCUT2D eigenvalue weighted by atomic mass is 32.2. The molecule has 0 unspecified atom stereocenters. The molecule has 0 bridgehead atoms. The molecule has 1 aromatic heterocycles. The quantitative estimate of drug-likeness (QED) is 0.679. The second-order valence-corrected chi connectivity index (χ2v) is 7.18. The van der Waals surface area contributed by atoms with Crippen molar-refractivity contribution in [2.24, 2.45) is 0 Å². The summed E-state index contributed by atoms with van der Waals surface area (Å²) in [4.78, 5) is 0.901. The molecule has 1 heterocycles. The average Bonchev–Trinajstić information content (AvgIpc) is 2.70. The van der Waals surface area contributed by atoms with Gasteiger partial charge < -0.3 is 4.57 Å². The fourth-order valence-electron chi connectivity index (χ4n) is 2.24. The van der Waals surface area contributed by atoms with Crippen LogP contribution < -0.4 is 0 Å². The maximum Gasteiger partial charge on any atom is 0.264 e. The predicted octanol–water partition coefficient (Wildman–Crippen LogP) is 3.04. The van der Waals surface area contributed by atoms with E-state index in [1.54, 1.807) is 0 Å². The summed E-state index contributed by atoms with van der Waals surface area (Å²) in [6.07, 6.45) is 1.06. The molecule has 2 aromatic rings. The Bertz CT molecular complexity index is 748. The van der Waals surface area contributed by atoms with Crippen LogP contribution in [0.5, 0.6) is 0 Å². The Kier molecular flexibility index (Phi) is 4.81. The molecule has 0 saturated heterocycles. The van der Waals surface area contributed by atoms with Gasteiger partial charge in [0.2, 0.25) is 0 Å². The topological polar surface area (TPSA) is 48.3 Å². The summed E-state index contributed by atoms with van der Waals surface area (Å²) >= 11 is 4.53. The van der Waals surface area contributed by atoms with E-state index >= 15 is 0 Å². The van der Waals surface area contributed by atoms with E-state index in [2.05, 4.69) is 12.6 Å². The first-order valence-corrected chi connectivity index (χ1v) is 8.85. The molecule has 114 valence electrons. The number of benzene rings is 1. The third-order valence-electron chi connectivity index (χ3n) is 3.24. The van der Waals surface area contributed by atoms with Crippen LogP contribution in [0.1, 0.15) is 11.3 Å². The molecule has 0 aliphatic rings. The van der Waals surface area contributed by atoms with Crippen LogP contribution >= 0.6 is 12.6 Å². The first-order chi connectivity index (χ1) is 9.78. The minimum absolute atomic E-state index is 0.120. The molecule has 0 spiro atoms. The van der Waals surface area contributed by atoms with E-state index in [1.807, 2.05) is 48.7 Å². The van der Waals surface area contributed by atoms with E-state index in [0.29, 0.717) is 6.54 Å². The highest BCUT2D eigenvalue weighted by Crippen LogP contribution is 2.29. The van der Waals surface area contributed by atoms with E-state index in [0.717, 1.165) is 33.7 Å². The van der Waals surface area contributed by atoms with Gasteiger partial charge in [0.25, 0.3) is 10.1 Å². The van der Waals surface area contributed by atoms with Crippen molar-refractivity contribution in [2.75, 3.05) is 12.9 Å². The largest absolute Gasteiger partial charge is 0.343 e. The maximum atomic E-state index is 11.0. The van der Waals surface area contributed by atoms with Crippen molar-refractivity contribution in [1.82, 2.24) is 4.57 Å². The summed E-state index contributed by atoms with van der Waals surface area (Å²) in [5.74, 6) is 0. The highest BCUT2D eigenvalue weighted by Gasteiger charge is 2.11. The molecule has 0 aliphatic heterocycles. The number of thiol groups is 1. The highest BCUT2D eigenvalue weighted by molar-refractivity contribution is 7.86. The van der Waals surface area contributed by atoms with Crippen LogP contribution in [-0.4, -0.2) is 25.8 Å². The lowest BCUT2D eigenvalue weighted by Crippen LogP contribution is -2.12. The number of nitrogens with zero attached hydrogens (tertiary/aromatic N) is 1. The van der Waals surface area contributed by atoms with E-state index in [9.17, 15) is 8.42 Å². The maximum absolute atomic E-state index is 11.0. The number of rotatable bonds is 5. The minimum Gasteiger partial charge on any atom is -0.343 e. The van der Waals surface area contributed by atoms with Crippen molar-refractivity contribution in [3.63, 3.8) is 0 Å². The lowest BCUT2D eigenvalue weighted by molar-refractivity contribution is 0.304. The fourth-order valence-corrected chi connectivity index (χ4v) is 3.01. The van der Waals surface area contributed by atoms with Crippen LogP contribution in [0.4, 0.5) is 0 Å². The van der Waals surface area contributed by atoms with Gasteiger partial charge in [-0.1, -0.05) is 12.1 Å². The molecule has 0 saturated carbocycles. The lowest BCUT2D eigenvalue weighted by atomic mass is 10.1. The molecule has 1 aromatic carbocycles. The zero-order chi connectivity index (χ0) is 15.6. The first-order valence-electron chi connectivity index (χ1n) is 6.58. The van der Waals surface area contributed by atoms with Crippen molar-refractivity contribution in [3.8, 4) is 11.3 Å². The molecule has 4 nitrogen and oxygen atoms in total. The molecule has 0 aliphatic carbocycles. The molecule has 6 heteroatoms. The first kappa shape index (κ1) is 16.1. The van der Waals surface area contributed by atoms with Crippen molar-refractivity contribution in [2.45, 2.75) is 25.3 Å². The summed E-state index contributed by atoms with van der Waals surface area (Å²) in [7, 11) is -3.41. The molecular formula is C15H19NO3S2. The van der Waals surface area contributed by atoms with Crippen LogP contribution in [-0.2, 0) is 20.8 Å². The van der Waals surface area contributed by atoms with Gasteiger partial charge >= 0.3 is 0 Å². The van der Waals surface area contributed by atoms with E-state index in [-0.39, 0.29) is 6.61 Å². The Balaban J connectivity index is 2.29. The third-order valence-corrected chi connectivity index (χ3v) is 4.21. The van der Waals surface area contributed by atoms with E-state index < -0.39 is 10.1 Å². The van der Waals surface area contributed by atoms with E-state index in [4.69, 9.17) is 4.18 Å². The van der Waals surface area contributed by atoms with Crippen LogP contribution in [0.15, 0.2) is 35.2 Å². The van der Waals surface area contributed by atoms with Crippen molar-refractivity contribution < 1.29 is 12.6 Å². The Labute approximate surface area is 131 Å². The van der Waals surface area contributed by atoms with Crippen LogP contribution in [0.3, 0.4) is 0 Å². The Morgan fingerprint density at radius 1 is 1.19 bits per heavy atom. The second-order valence-electron chi connectivity index (χ2n) is 5.06. The monoisotopic (exact) mass is 325 g/mol. The fraction of sp³-hybridized carbons (Fsp3) is 0.333. The van der Waals surface area contributed by atoms with Gasteiger partial charge in [0.1, 0.15) is 0 Å². The van der Waals surface area contributed by atoms with Crippen LogP contribution in [0.25, 0.3) is 11.3 Å². The summed E-state index contributed by atoms with van der Waals surface area (Å²) in [6.45, 7) is 4.60. The molecule has 0 N–H and O–H groups in total. The molecule has 0 fully saturated rings. The average molecular weight is 325 g/mol. The molecular weight excluding hydrogens is 306 g/mol. The Hall–Kier alpha value is -1.24. The molecule has 0 radical (unpaired) electrons. The van der Waals surface area contributed by atoms with Gasteiger partial charge in [-0.3, -0.25) is 4.18 Å². The number of hydrogen-bond acceptors (Lipinski definition) is 4. The number of aromatic nitrogens is 1. The Morgan fingerprint density at radius 2 is 1.90 bits per heavy atom. The normalized spacial score (nSPS) is 11.8. The van der Waals surface area contributed by atoms with Crippen molar-refractivity contribution >= 4 is 22.7 Å². The van der Waals surface area contributed by atoms with Gasteiger partial charge in [-0.2, -0.15) is 8.42 Å². The molecule has 0 atom stereocenters. The number of hydrogen-bond donors (Lipinski definition) is 1. The van der Waals surface area contributed by atoms with Gasteiger partial charge in [-0.15, -0.1) is 12.6 Å². The number of aryl methyl sites for hydroxylation is 2. The summed E-state index contributed by atoms with van der Waals surface area (Å²) in [5.41, 5.74) is 4.24. The molecule has 21 heavy (non-hydrogen) atoms. The van der Waals surface area contributed by atoms with Gasteiger partial charge in [0.15, 0.2) is 0 Å². The zero-order valence-corrected chi connectivity index (χ0v) is 14.0. The summed E-state index contributed by atoms with van der Waals surface area (Å²) in [6, 6.07) is 10.1. The smallest absolute Gasteiger partial charge is 0.264 e.